The SMILES string of the molecule is CC(C)c1ccc([C@H]2CC[C@H](O)C2)c(CN(C)C)n1. The summed E-state index contributed by atoms with van der Waals surface area (Å²) < 4.78 is 0. The number of aliphatic hydroxyl groups is 1. The Morgan fingerprint density at radius 3 is 2.58 bits per heavy atom. The van der Waals surface area contributed by atoms with E-state index in [1.165, 1.54) is 17.0 Å². The molecule has 0 bridgehead atoms. The van der Waals surface area contributed by atoms with Gasteiger partial charge in [0.25, 0.3) is 0 Å². The predicted octanol–water partition coefficient (Wildman–Crippen LogP) is 2.90. The van der Waals surface area contributed by atoms with Gasteiger partial charge >= 0.3 is 0 Å². The fourth-order valence-electron chi connectivity index (χ4n) is 2.89. The highest BCUT2D eigenvalue weighted by atomic mass is 16.3. The maximum absolute atomic E-state index is 9.75. The van der Waals surface area contributed by atoms with Crippen LogP contribution in [-0.2, 0) is 6.54 Å². The number of hydrogen-bond donors (Lipinski definition) is 1. The number of aliphatic hydroxyl groups excluding tert-OH is 1. The lowest BCUT2D eigenvalue weighted by molar-refractivity contribution is 0.181. The molecule has 2 rings (SSSR count). The first-order chi connectivity index (χ1) is 8.97. The van der Waals surface area contributed by atoms with Crippen molar-refractivity contribution in [2.24, 2.45) is 0 Å². The highest BCUT2D eigenvalue weighted by molar-refractivity contribution is 5.29. The highest BCUT2D eigenvalue weighted by Gasteiger charge is 2.26. The highest BCUT2D eigenvalue weighted by Crippen LogP contribution is 2.36. The second kappa shape index (κ2) is 6.02. The van der Waals surface area contributed by atoms with Gasteiger partial charge in [0.2, 0.25) is 0 Å². The van der Waals surface area contributed by atoms with Crippen molar-refractivity contribution >= 4 is 0 Å². The summed E-state index contributed by atoms with van der Waals surface area (Å²) in [6.07, 6.45) is 2.79. The van der Waals surface area contributed by atoms with E-state index in [1.807, 2.05) is 0 Å². The first-order valence-corrected chi connectivity index (χ1v) is 7.30. The number of pyridine rings is 1. The largest absolute Gasteiger partial charge is 0.393 e. The van der Waals surface area contributed by atoms with Crippen molar-refractivity contribution in [3.05, 3.63) is 29.1 Å². The molecule has 0 radical (unpaired) electrons. The van der Waals surface area contributed by atoms with Crippen molar-refractivity contribution < 1.29 is 5.11 Å². The minimum Gasteiger partial charge on any atom is -0.393 e. The summed E-state index contributed by atoms with van der Waals surface area (Å²) >= 11 is 0. The van der Waals surface area contributed by atoms with Crippen LogP contribution in [0.25, 0.3) is 0 Å². The zero-order valence-corrected chi connectivity index (χ0v) is 12.6. The van der Waals surface area contributed by atoms with Crippen molar-refractivity contribution in [2.75, 3.05) is 14.1 Å². The smallest absolute Gasteiger partial charge is 0.0581 e. The molecule has 19 heavy (non-hydrogen) atoms. The molecular weight excluding hydrogens is 236 g/mol. The fraction of sp³-hybridized carbons (Fsp3) is 0.688. The first kappa shape index (κ1) is 14.5. The summed E-state index contributed by atoms with van der Waals surface area (Å²) in [6, 6.07) is 4.40. The summed E-state index contributed by atoms with van der Waals surface area (Å²) in [5.74, 6) is 0.947. The molecule has 0 amide bonds. The van der Waals surface area contributed by atoms with E-state index in [0.717, 1.165) is 25.8 Å². The molecule has 0 unspecified atom stereocenters. The monoisotopic (exact) mass is 262 g/mol. The quantitative estimate of drug-likeness (QED) is 0.906. The Balaban J connectivity index is 2.30. The van der Waals surface area contributed by atoms with Crippen LogP contribution >= 0.6 is 0 Å². The Morgan fingerprint density at radius 2 is 2.05 bits per heavy atom. The normalized spacial score (nSPS) is 23.5. The lowest BCUT2D eigenvalue weighted by Crippen LogP contribution is -2.16. The van der Waals surface area contributed by atoms with Gasteiger partial charge in [0.05, 0.1) is 11.8 Å². The van der Waals surface area contributed by atoms with E-state index >= 15 is 0 Å². The molecule has 1 aromatic heterocycles. The molecule has 106 valence electrons. The van der Waals surface area contributed by atoms with Gasteiger partial charge in [0.1, 0.15) is 0 Å². The molecule has 0 aliphatic heterocycles. The van der Waals surface area contributed by atoms with E-state index in [1.54, 1.807) is 0 Å². The Labute approximate surface area is 116 Å². The summed E-state index contributed by atoms with van der Waals surface area (Å²) in [4.78, 5) is 7.03. The standard InChI is InChI=1S/C16H26N2O/c1-11(2)15-8-7-14(12-5-6-13(19)9-12)16(17-15)10-18(3)4/h7-8,11-13,19H,5-6,9-10H2,1-4H3/t12-,13-/m0/s1. The number of rotatable bonds is 4. The third kappa shape index (κ3) is 3.54. The van der Waals surface area contributed by atoms with Gasteiger partial charge in [-0.2, -0.15) is 0 Å². The Hall–Kier alpha value is -0.930. The molecule has 1 aliphatic rings. The Kier molecular flexibility index (Phi) is 4.58. The topological polar surface area (TPSA) is 36.4 Å². The summed E-state index contributed by atoms with van der Waals surface area (Å²) in [7, 11) is 4.16. The molecule has 0 aromatic carbocycles. The van der Waals surface area contributed by atoms with Gasteiger partial charge < -0.3 is 10.0 Å². The van der Waals surface area contributed by atoms with Crippen molar-refractivity contribution in [3.8, 4) is 0 Å². The molecule has 1 aliphatic carbocycles. The van der Waals surface area contributed by atoms with E-state index < -0.39 is 0 Å². The average Bonchev–Trinajstić information content (AvgIpc) is 2.74. The number of nitrogens with zero attached hydrogens (tertiary/aromatic N) is 2. The molecule has 2 atom stereocenters. The Morgan fingerprint density at radius 1 is 1.32 bits per heavy atom. The zero-order valence-electron chi connectivity index (χ0n) is 12.6. The van der Waals surface area contributed by atoms with Gasteiger partial charge in [-0.15, -0.1) is 0 Å². The van der Waals surface area contributed by atoms with Gasteiger partial charge in [0.15, 0.2) is 0 Å². The molecular formula is C16H26N2O. The Bertz CT molecular complexity index is 429. The van der Waals surface area contributed by atoms with E-state index in [-0.39, 0.29) is 6.10 Å². The lowest BCUT2D eigenvalue weighted by Gasteiger charge is -2.19. The van der Waals surface area contributed by atoms with Gasteiger partial charge in [-0.1, -0.05) is 19.9 Å². The maximum atomic E-state index is 9.75. The van der Waals surface area contributed by atoms with Crippen molar-refractivity contribution in [3.63, 3.8) is 0 Å². The minimum atomic E-state index is -0.123. The van der Waals surface area contributed by atoms with Crippen molar-refractivity contribution in [1.82, 2.24) is 9.88 Å². The molecule has 1 heterocycles. The second-order valence-electron chi connectivity index (χ2n) is 6.33. The van der Waals surface area contributed by atoms with E-state index in [4.69, 9.17) is 4.98 Å². The van der Waals surface area contributed by atoms with Gasteiger partial charge in [-0.05, 0) is 56.8 Å². The van der Waals surface area contributed by atoms with Crippen LogP contribution in [0.1, 0.15) is 61.9 Å². The van der Waals surface area contributed by atoms with Crippen LogP contribution in [0.3, 0.4) is 0 Å². The first-order valence-electron chi connectivity index (χ1n) is 7.30. The maximum Gasteiger partial charge on any atom is 0.0581 e. The molecule has 1 aromatic rings. The van der Waals surface area contributed by atoms with Crippen LogP contribution < -0.4 is 0 Å². The van der Waals surface area contributed by atoms with Gasteiger partial charge in [-0.3, -0.25) is 4.98 Å². The van der Waals surface area contributed by atoms with Gasteiger partial charge in [0, 0.05) is 12.2 Å². The molecule has 1 fully saturated rings. The van der Waals surface area contributed by atoms with E-state index in [0.29, 0.717) is 11.8 Å². The van der Waals surface area contributed by atoms with Crippen molar-refractivity contribution in [1.29, 1.82) is 0 Å². The van der Waals surface area contributed by atoms with E-state index in [2.05, 4.69) is 45.0 Å². The summed E-state index contributed by atoms with van der Waals surface area (Å²) in [5.41, 5.74) is 3.70. The van der Waals surface area contributed by atoms with Crippen LogP contribution in [0, 0.1) is 0 Å². The second-order valence-corrected chi connectivity index (χ2v) is 6.33. The third-order valence-corrected chi connectivity index (χ3v) is 3.93. The van der Waals surface area contributed by atoms with Crippen LogP contribution in [0.15, 0.2) is 12.1 Å². The fourth-order valence-corrected chi connectivity index (χ4v) is 2.89. The molecule has 3 nitrogen and oxygen atoms in total. The molecule has 1 N–H and O–H groups in total. The number of aromatic nitrogens is 1. The van der Waals surface area contributed by atoms with Crippen LogP contribution in [0.4, 0.5) is 0 Å². The molecule has 0 saturated heterocycles. The van der Waals surface area contributed by atoms with Crippen LogP contribution in [0.5, 0.6) is 0 Å². The number of hydrogen-bond acceptors (Lipinski definition) is 3. The predicted molar refractivity (Wildman–Crippen MR) is 78.3 cm³/mol. The lowest BCUT2D eigenvalue weighted by atomic mass is 9.94. The van der Waals surface area contributed by atoms with Crippen molar-refractivity contribution in [2.45, 2.75) is 57.6 Å². The summed E-state index contributed by atoms with van der Waals surface area (Å²) in [5, 5.41) is 9.75. The molecule has 0 spiro atoms. The van der Waals surface area contributed by atoms with Crippen LogP contribution in [0.2, 0.25) is 0 Å². The van der Waals surface area contributed by atoms with Gasteiger partial charge in [-0.25, -0.2) is 0 Å². The zero-order chi connectivity index (χ0) is 14.0. The summed E-state index contributed by atoms with van der Waals surface area (Å²) in [6.45, 7) is 5.24. The third-order valence-electron chi connectivity index (χ3n) is 3.93. The molecule has 1 saturated carbocycles. The van der Waals surface area contributed by atoms with Crippen LogP contribution in [-0.4, -0.2) is 35.2 Å². The average molecular weight is 262 g/mol. The molecule has 3 heteroatoms. The van der Waals surface area contributed by atoms with E-state index in [9.17, 15) is 5.11 Å². The minimum absolute atomic E-state index is 0.123.